The zero-order valence-electron chi connectivity index (χ0n) is 14.3. The molecule has 0 atom stereocenters. The fourth-order valence-corrected chi connectivity index (χ4v) is 2.20. The maximum absolute atomic E-state index is 12.6. The van der Waals surface area contributed by atoms with Crippen molar-refractivity contribution in [3.63, 3.8) is 0 Å². The lowest BCUT2D eigenvalue weighted by molar-refractivity contribution is 0.102. The number of hydrogen-bond acceptors (Lipinski definition) is 4. The molecule has 1 N–H and O–H groups in total. The Hall–Kier alpha value is -2.69. The third kappa shape index (κ3) is 4.41. The minimum Gasteiger partial charge on any atom is -0.497 e. The standard InChI is InChI=1S/C19H23NO4/c1-4-5-12-24-17-9-7-6-8-15(17)19(21)20-16-11-10-14(22-2)13-18(16)23-3/h6-11,13H,4-5,12H2,1-3H3,(H,20,21). The molecular formula is C19H23NO4. The number of ether oxygens (including phenoxy) is 3. The van der Waals surface area contributed by atoms with Crippen molar-refractivity contribution in [2.24, 2.45) is 0 Å². The van der Waals surface area contributed by atoms with E-state index in [0.29, 0.717) is 35.1 Å². The summed E-state index contributed by atoms with van der Waals surface area (Å²) in [7, 11) is 3.13. The summed E-state index contributed by atoms with van der Waals surface area (Å²) in [5.74, 6) is 1.53. The number of benzene rings is 2. The molecule has 0 aliphatic carbocycles. The van der Waals surface area contributed by atoms with Gasteiger partial charge in [-0.25, -0.2) is 0 Å². The molecule has 0 fully saturated rings. The van der Waals surface area contributed by atoms with Crippen LogP contribution in [0, 0.1) is 0 Å². The molecule has 5 nitrogen and oxygen atoms in total. The number of anilines is 1. The number of methoxy groups -OCH3 is 2. The molecule has 2 aromatic carbocycles. The van der Waals surface area contributed by atoms with Crippen LogP contribution in [0.25, 0.3) is 0 Å². The highest BCUT2D eigenvalue weighted by Gasteiger charge is 2.14. The van der Waals surface area contributed by atoms with Crippen LogP contribution in [0.2, 0.25) is 0 Å². The van der Waals surface area contributed by atoms with Crippen molar-refractivity contribution < 1.29 is 19.0 Å². The lowest BCUT2D eigenvalue weighted by Gasteiger charge is -2.14. The van der Waals surface area contributed by atoms with Crippen molar-refractivity contribution in [3.05, 3.63) is 48.0 Å². The van der Waals surface area contributed by atoms with Gasteiger partial charge >= 0.3 is 0 Å². The van der Waals surface area contributed by atoms with Crippen molar-refractivity contribution in [1.82, 2.24) is 0 Å². The Bertz CT molecular complexity index is 685. The van der Waals surface area contributed by atoms with E-state index < -0.39 is 0 Å². The van der Waals surface area contributed by atoms with Crippen LogP contribution >= 0.6 is 0 Å². The zero-order valence-corrected chi connectivity index (χ0v) is 14.3. The number of amides is 1. The minimum atomic E-state index is -0.245. The fourth-order valence-electron chi connectivity index (χ4n) is 2.20. The summed E-state index contributed by atoms with van der Waals surface area (Å²) in [6.45, 7) is 2.69. The van der Waals surface area contributed by atoms with Crippen LogP contribution in [-0.2, 0) is 0 Å². The smallest absolute Gasteiger partial charge is 0.259 e. The Morgan fingerprint density at radius 3 is 2.54 bits per heavy atom. The normalized spacial score (nSPS) is 10.1. The first-order valence-corrected chi connectivity index (χ1v) is 7.94. The monoisotopic (exact) mass is 329 g/mol. The number of carbonyl (C=O) groups is 1. The maximum atomic E-state index is 12.6. The van der Waals surface area contributed by atoms with E-state index in [0.717, 1.165) is 12.8 Å². The van der Waals surface area contributed by atoms with Crippen LogP contribution in [0.4, 0.5) is 5.69 Å². The van der Waals surface area contributed by atoms with Gasteiger partial charge in [0.15, 0.2) is 0 Å². The molecule has 0 aromatic heterocycles. The predicted molar refractivity (Wildman–Crippen MR) is 94.3 cm³/mol. The number of nitrogens with one attached hydrogen (secondary N) is 1. The lowest BCUT2D eigenvalue weighted by atomic mass is 10.1. The number of unbranched alkanes of at least 4 members (excludes halogenated alkanes) is 1. The van der Waals surface area contributed by atoms with E-state index >= 15 is 0 Å². The molecule has 0 heterocycles. The Kier molecular flexibility index (Phi) is 6.49. The molecule has 2 rings (SSSR count). The van der Waals surface area contributed by atoms with E-state index in [1.165, 1.54) is 0 Å². The largest absolute Gasteiger partial charge is 0.497 e. The first kappa shape index (κ1) is 17.7. The Labute approximate surface area is 142 Å². The summed E-state index contributed by atoms with van der Waals surface area (Å²) < 4.78 is 16.2. The zero-order chi connectivity index (χ0) is 17.4. The molecule has 2 aromatic rings. The van der Waals surface area contributed by atoms with E-state index in [1.54, 1.807) is 44.6 Å². The van der Waals surface area contributed by atoms with Crippen LogP contribution in [-0.4, -0.2) is 26.7 Å². The molecule has 24 heavy (non-hydrogen) atoms. The van der Waals surface area contributed by atoms with Crippen LogP contribution in [0.5, 0.6) is 17.2 Å². The Morgan fingerprint density at radius 2 is 1.83 bits per heavy atom. The van der Waals surface area contributed by atoms with Gasteiger partial charge in [-0.2, -0.15) is 0 Å². The van der Waals surface area contributed by atoms with E-state index in [4.69, 9.17) is 14.2 Å². The van der Waals surface area contributed by atoms with Crippen LogP contribution < -0.4 is 19.5 Å². The van der Waals surface area contributed by atoms with Crippen LogP contribution in [0.15, 0.2) is 42.5 Å². The second-order valence-corrected chi connectivity index (χ2v) is 5.22. The molecule has 0 spiro atoms. The summed E-state index contributed by atoms with van der Waals surface area (Å²) in [5.41, 5.74) is 1.07. The highest BCUT2D eigenvalue weighted by Crippen LogP contribution is 2.30. The predicted octanol–water partition coefficient (Wildman–Crippen LogP) is 4.14. The third-order valence-electron chi connectivity index (χ3n) is 3.54. The van der Waals surface area contributed by atoms with Gasteiger partial charge in [-0.1, -0.05) is 25.5 Å². The maximum Gasteiger partial charge on any atom is 0.259 e. The molecular weight excluding hydrogens is 306 g/mol. The van der Waals surface area contributed by atoms with E-state index in [-0.39, 0.29) is 5.91 Å². The van der Waals surface area contributed by atoms with E-state index in [1.807, 2.05) is 12.1 Å². The highest BCUT2D eigenvalue weighted by molar-refractivity contribution is 6.06. The van der Waals surface area contributed by atoms with Gasteiger partial charge in [-0.05, 0) is 30.7 Å². The quantitative estimate of drug-likeness (QED) is 0.740. The molecule has 128 valence electrons. The van der Waals surface area contributed by atoms with Crippen LogP contribution in [0.3, 0.4) is 0 Å². The first-order valence-electron chi connectivity index (χ1n) is 7.94. The number of para-hydroxylation sites is 1. The average molecular weight is 329 g/mol. The van der Waals surface area contributed by atoms with Gasteiger partial charge in [-0.15, -0.1) is 0 Å². The molecule has 0 saturated carbocycles. The van der Waals surface area contributed by atoms with E-state index in [2.05, 4.69) is 12.2 Å². The molecule has 1 amide bonds. The molecule has 0 saturated heterocycles. The van der Waals surface area contributed by atoms with Gasteiger partial charge in [0.25, 0.3) is 5.91 Å². The molecule has 0 radical (unpaired) electrons. The third-order valence-corrected chi connectivity index (χ3v) is 3.54. The second kappa shape index (κ2) is 8.82. The summed E-state index contributed by atoms with van der Waals surface area (Å²) in [4.78, 5) is 12.6. The fraction of sp³-hybridized carbons (Fsp3) is 0.316. The van der Waals surface area contributed by atoms with Crippen molar-refractivity contribution in [1.29, 1.82) is 0 Å². The van der Waals surface area contributed by atoms with Gasteiger partial charge < -0.3 is 19.5 Å². The Balaban J connectivity index is 2.18. The summed E-state index contributed by atoms with van der Waals surface area (Å²) in [6.07, 6.45) is 1.99. The topological polar surface area (TPSA) is 56.8 Å². The molecule has 0 bridgehead atoms. The van der Waals surface area contributed by atoms with Gasteiger partial charge in [-0.3, -0.25) is 4.79 Å². The number of carbonyl (C=O) groups excluding carboxylic acids is 1. The van der Waals surface area contributed by atoms with Gasteiger partial charge in [0.1, 0.15) is 17.2 Å². The van der Waals surface area contributed by atoms with Gasteiger partial charge in [0.05, 0.1) is 32.1 Å². The van der Waals surface area contributed by atoms with Crippen molar-refractivity contribution in [2.75, 3.05) is 26.1 Å². The molecule has 5 heteroatoms. The number of rotatable bonds is 8. The van der Waals surface area contributed by atoms with Crippen molar-refractivity contribution in [2.45, 2.75) is 19.8 Å². The van der Waals surface area contributed by atoms with Crippen molar-refractivity contribution >= 4 is 11.6 Å². The van der Waals surface area contributed by atoms with Gasteiger partial charge in [0.2, 0.25) is 0 Å². The van der Waals surface area contributed by atoms with Gasteiger partial charge in [0, 0.05) is 6.07 Å². The summed E-state index contributed by atoms with van der Waals surface area (Å²) >= 11 is 0. The number of hydrogen-bond donors (Lipinski definition) is 1. The summed E-state index contributed by atoms with van der Waals surface area (Å²) in [6, 6.07) is 12.4. The average Bonchev–Trinajstić information content (AvgIpc) is 2.62. The summed E-state index contributed by atoms with van der Waals surface area (Å²) in [5, 5.41) is 2.86. The highest BCUT2D eigenvalue weighted by atomic mass is 16.5. The van der Waals surface area contributed by atoms with Crippen molar-refractivity contribution in [3.8, 4) is 17.2 Å². The Morgan fingerprint density at radius 1 is 1.04 bits per heavy atom. The van der Waals surface area contributed by atoms with Crippen LogP contribution in [0.1, 0.15) is 30.1 Å². The minimum absolute atomic E-state index is 0.245. The SMILES string of the molecule is CCCCOc1ccccc1C(=O)Nc1ccc(OC)cc1OC. The molecule has 0 aliphatic heterocycles. The second-order valence-electron chi connectivity index (χ2n) is 5.22. The molecule has 0 aliphatic rings. The van der Waals surface area contributed by atoms with E-state index in [9.17, 15) is 4.79 Å². The lowest BCUT2D eigenvalue weighted by Crippen LogP contribution is -2.14. The molecule has 0 unspecified atom stereocenters. The first-order chi connectivity index (χ1) is 11.7.